The van der Waals surface area contributed by atoms with Crippen LogP contribution in [0.4, 0.5) is 13.2 Å². The van der Waals surface area contributed by atoms with Gasteiger partial charge in [0.1, 0.15) is 0 Å². The number of alkyl halides is 3. The van der Waals surface area contributed by atoms with Crippen LogP contribution in [0.25, 0.3) is 0 Å². The number of nitrogens with zero attached hydrogens (tertiary/aromatic N) is 1. The third-order valence-corrected chi connectivity index (χ3v) is 3.44. The Labute approximate surface area is 122 Å². The number of carbonyl (C=O) groups excluding carboxylic acids is 1. The molecule has 0 aromatic heterocycles. The molecule has 0 aliphatic heterocycles. The number of rotatable bonds is 6. The Morgan fingerprint density at radius 2 is 1.71 bits per heavy atom. The van der Waals surface area contributed by atoms with Crippen molar-refractivity contribution in [3.05, 3.63) is 35.4 Å². The summed E-state index contributed by atoms with van der Waals surface area (Å²) < 4.78 is 37.5. The number of amides is 1. The van der Waals surface area contributed by atoms with Crippen LogP contribution < -0.4 is 0 Å². The number of benzene rings is 1. The molecule has 1 aromatic rings. The number of halogens is 3. The van der Waals surface area contributed by atoms with E-state index >= 15 is 0 Å². The van der Waals surface area contributed by atoms with Gasteiger partial charge < -0.3 is 10.0 Å². The molecule has 21 heavy (non-hydrogen) atoms. The smallest absolute Gasteiger partial charge is 0.395 e. The standard InChI is InChI=1S/C15H20F3NO2/c1-3-13(4-2)19(9-10-20)14(21)11-5-7-12(8-6-11)15(16,17)18/h5-8,13,20H,3-4,9-10H2,1-2H3. The Bertz CT molecular complexity index is 453. The molecule has 1 amide bonds. The van der Waals surface area contributed by atoms with Crippen molar-refractivity contribution in [3.8, 4) is 0 Å². The second kappa shape index (κ2) is 7.45. The summed E-state index contributed by atoms with van der Waals surface area (Å²) in [5.74, 6) is -0.355. The lowest BCUT2D eigenvalue weighted by Crippen LogP contribution is -2.41. The summed E-state index contributed by atoms with van der Waals surface area (Å²) in [5.41, 5.74) is -0.585. The van der Waals surface area contributed by atoms with Crippen molar-refractivity contribution in [2.24, 2.45) is 0 Å². The molecular weight excluding hydrogens is 283 g/mol. The molecule has 0 saturated heterocycles. The van der Waals surface area contributed by atoms with Crippen LogP contribution in [0, 0.1) is 0 Å². The number of hydrogen-bond donors (Lipinski definition) is 1. The molecule has 0 fully saturated rings. The Kier molecular flexibility index (Phi) is 6.20. The van der Waals surface area contributed by atoms with E-state index in [4.69, 9.17) is 5.11 Å². The number of carbonyl (C=O) groups is 1. The fourth-order valence-corrected chi connectivity index (χ4v) is 2.25. The quantitative estimate of drug-likeness (QED) is 0.875. The Hall–Kier alpha value is -1.56. The highest BCUT2D eigenvalue weighted by atomic mass is 19.4. The van der Waals surface area contributed by atoms with E-state index in [0.717, 1.165) is 25.0 Å². The molecular formula is C15H20F3NO2. The predicted octanol–water partition coefficient (Wildman–Crippen LogP) is 3.33. The fourth-order valence-electron chi connectivity index (χ4n) is 2.25. The van der Waals surface area contributed by atoms with Crippen LogP contribution in [0.2, 0.25) is 0 Å². The summed E-state index contributed by atoms with van der Waals surface area (Å²) in [6.07, 6.45) is -2.96. The van der Waals surface area contributed by atoms with Crippen LogP contribution in [0.1, 0.15) is 42.6 Å². The van der Waals surface area contributed by atoms with Crippen LogP contribution in [0.15, 0.2) is 24.3 Å². The van der Waals surface area contributed by atoms with Crippen molar-refractivity contribution in [1.29, 1.82) is 0 Å². The summed E-state index contributed by atoms with van der Waals surface area (Å²) in [7, 11) is 0. The number of hydrogen-bond acceptors (Lipinski definition) is 2. The topological polar surface area (TPSA) is 40.5 Å². The number of aliphatic hydroxyl groups excluding tert-OH is 1. The van der Waals surface area contributed by atoms with E-state index in [1.807, 2.05) is 13.8 Å². The van der Waals surface area contributed by atoms with Crippen molar-refractivity contribution in [2.75, 3.05) is 13.2 Å². The second-order valence-electron chi connectivity index (χ2n) is 4.77. The molecule has 0 spiro atoms. The van der Waals surface area contributed by atoms with Crippen molar-refractivity contribution in [1.82, 2.24) is 4.90 Å². The summed E-state index contributed by atoms with van der Waals surface area (Å²) >= 11 is 0. The molecule has 1 aromatic carbocycles. The van der Waals surface area contributed by atoms with Crippen LogP contribution in [-0.4, -0.2) is 35.1 Å². The predicted molar refractivity (Wildman–Crippen MR) is 73.9 cm³/mol. The second-order valence-corrected chi connectivity index (χ2v) is 4.77. The normalized spacial score (nSPS) is 11.8. The Morgan fingerprint density at radius 1 is 1.19 bits per heavy atom. The lowest BCUT2D eigenvalue weighted by atomic mass is 10.1. The molecule has 0 heterocycles. The van der Waals surface area contributed by atoms with Gasteiger partial charge in [0.2, 0.25) is 0 Å². The average Bonchev–Trinajstić information content (AvgIpc) is 2.46. The van der Waals surface area contributed by atoms with E-state index in [0.29, 0.717) is 0 Å². The largest absolute Gasteiger partial charge is 0.416 e. The van der Waals surface area contributed by atoms with E-state index in [1.165, 1.54) is 17.0 Å². The van der Waals surface area contributed by atoms with Crippen molar-refractivity contribution >= 4 is 5.91 Å². The van der Waals surface area contributed by atoms with Crippen LogP contribution >= 0.6 is 0 Å². The Morgan fingerprint density at radius 3 is 2.10 bits per heavy atom. The van der Waals surface area contributed by atoms with E-state index in [1.54, 1.807) is 0 Å². The van der Waals surface area contributed by atoms with Crippen molar-refractivity contribution in [2.45, 2.75) is 38.9 Å². The molecule has 6 heteroatoms. The zero-order chi connectivity index (χ0) is 16.0. The lowest BCUT2D eigenvalue weighted by molar-refractivity contribution is -0.137. The molecule has 0 unspecified atom stereocenters. The van der Waals surface area contributed by atoms with E-state index in [2.05, 4.69) is 0 Å². The maximum atomic E-state index is 12.5. The minimum Gasteiger partial charge on any atom is -0.395 e. The van der Waals surface area contributed by atoms with Gasteiger partial charge in [0.05, 0.1) is 12.2 Å². The molecule has 3 nitrogen and oxygen atoms in total. The van der Waals surface area contributed by atoms with Crippen molar-refractivity contribution < 1.29 is 23.1 Å². The molecule has 0 atom stereocenters. The zero-order valence-electron chi connectivity index (χ0n) is 12.2. The summed E-state index contributed by atoms with van der Waals surface area (Å²) in [5, 5.41) is 9.08. The van der Waals surface area contributed by atoms with Gasteiger partial charge in [-0.15, -0.1) is 0 Å². The first-order valence-corrected chi connectivity index (χ1v) is 6.94. The van der Waals surface area contributed by atoms with Crippen LogP contribution in [-0.2, 0) is 6.18 Å². The van der Waals surface area contributed by atoms with Gasteiger partial charge in [-0.2, -0.15) is 13.2 Å². The highest BCUT2D eigenvalue weighted by Crippen LogP contribution is 2.29. The maximum Gasteiger partial charge on any atom is 0.416 e. The van der Waals surface area contributed by atoms with Crippen LogP contribution in [0.5, 0.6) is 0 Å². The van der Waals surface area contributed by atoms with E-state index < -0.39 is 11.7 Å². The highest BCUT2D eigenvalue weighted by Gasteiger charge is 2.30. The molecule has 0 saturated carbocycles. The molecule has 1 rings (SSSR count). The first kappa shape index (κ1) is 17.5. The van der Waals surface area contributed by atoms with Gasteiger partial charge in [-0.25, -0.2) is 0 Å². The Balaban J connectivity index is 2.98. The minimum absolute atomic E-state index is 0.0352. The molecule has 0 aliphatic carbocycles. The molecule has 118 valence electrons. The van der Waals surface area contributed by atoms with Crippen LogP contribution in [0.3, 0.4) is 0 Å². The number of aliphatic hydroxyl groups is 1. The summed E-state index contributed by atoms with van der Waals surface area (Å²) in [6, 6.07) is 4.12. The molecule has 1 N–H and O–H groups in total. The lowest BCUT2D eigenvalue weighted by Gasteiger charge is -2.30. The van der Waals surface area contributed by atoms with Gasteiger partial charge in [-0.3, -0.25) is 4.79 Å². The fraction of sp³-hybridized carbons (Fsp3) is 0.533. The third kappa shape index (κ3) is 4.46. The summed E-state index contributed by atoms with van der Waals surface area (Å²) in [4.78, 5) is 13.9. The van der Waals surface area contributed by atoms with Gasteiger partial charge in [0, 0.05) is 18.2 Å². The van der Waals surface area contributed by atoms with Crippen molar-refractivity contribution in [3.63, 3.8) is 0 Å². The first-order valence-electron chi connectivity index (χ1n) is 6.94. The van der Waals surface area contributed by atoms with Gasteiger partial charge in [-0.1, -0.05) is 13.8 Å². The van der Waals surface area contributed by atoms with E-state index in [-0.39, 0.29) is 30.7 Å². The molecule has 0 radical (unpaired) electrons. The summed E-state index contributed by atoms with van der Waals surface area (Å²) in [6.45, 7) is 3.85. The monoisotopic (exact) mass is 303 g/mol. The van der Waals surface area contributed by atoms with Gasteiger partial charge in [0.25, 0.3) is 5.91 Å². The van der Waals surface area contributed by atoms with Gasteiger partial charge in [-0.05, 0) is 37.1 Å². The SMILES string of the molecule is CCC(CC)N(CCO)C(=O)c1ccc(C(F)(F)F)cc1. The van der Waals surface area contributed by atoms with E-state index in [9.17, 15) is 18.0 Å². The average molecular weight is 303 g/mol. The molecule has 0 bridgehead atoms. The maximum absolute atomic E-state index is 12.5. The minimum atomic E-state index is -4.41. The first-order chi connectivity index (χ1) is 9.85. The van der Waals surface area contributed by atoms with Gasteiger partial charge >= 0.3 is 6.18 Å². The molecule has 0 aliphatic rings. The zero-order valence-corrected chi connectivity index (χ0v) is 12.2. The van der Waals surface area contributed by atoms with Gasteiger partial charge in [0.15, 0.2) is 0 Å². The third-order valence-electron chi connectivity index (χ3n) is 3.44. The highest BCUT2D eigenvalue weighted by molar-refractivity contribution is 5.94.